The summed E-state index contributed by atoms with van der Waals surface area (Å²) in [6.07, 6.45) is 1.05. The number of hydrogen-bond acceptors (Lipinski definition) is 5. The van der Waals surface area contributed by atoms with E-state index in [0.29, 0.717) is 0 Å². The first-order valence-electron chi connectivity index (χ1n) is 5.27. The van der Waals surface area contributed by atoms with Gasteiger partial charge in [0, 0.05) is 17.2 Å². The minimum Gasteiger partial charge on any atom is -0.478 e. The molecular formula is C13H20O7. The Morgan fingerprint density at radius 2 is 1.35 bits per heavy atom. The fourth-order valence-corrected chi connectivity index (χ4v) is 0.205. The highest BCUT2D eigenvalue weighted by atomic mass is 16.5. The van der Waals surface area contributed by atoms with Crippen LogP contribution in [0.5, 0.6) is 0 Å². The zero-order chi connectivity index (χ0) is 16.7. The molecule has 0 saturated heterocycles. The summed E-state index contributed by atoms with van der Waals surface area (Å²) in [7, 11) is 0. The summed E-state index contributed by atoms with van der Waals surface area (Å²) in [4.78, 5) is 29.3. The molecule has 3 N–H and O–H groups in total. The minimum absolute atomic E-state index is 0.0465. The van der Waals surface area contributed by atoms with Gasteiger partial charge in [-0.2, -0.15) is 0 Å². The Balaban J connectivity index is -0.000000221. The molecule has 7 heteroatoms. The third kappa shape index (κ3) is 24.7. The molecule has 0 aromatic heterocycles. The summed E-state index contributed by atoms with van der Waals surface area (Å²) >= 11 is 0. The van der Waals surface area contributed by atoms with Crippen LogP contribution in [-0.4, -0.2) is 46.4 Å². The lowest BCUT2D eigenvalue weighted by Gasteiger charge is -1.94. The first-order chi connectivity index (χ1) is 9.09. The van der Waals surface area contributed by atoms with Crippen molar-refractivity contribution in [3.8, 4) is 0 Å². The lowest BCUT2D eigenvalue weighted by atomic mass is 10.4. The molecule has 7 nitrogen and oxygen atoms in total. The van der Waals surface area contributed by atoms with Crippen molar-refractivity contribution in [1.82, 2.24) is 0 Å². The first-order valence-corrected chi connectivity index (χ1v) is 5.27. The molecule has 0 aliphatic heterocycles. The van der Waals surface area contributed by atoms with E-state index in [4.69, 9.17) is 15.3 Å². The van der Waals surface area contributed by atoms with Crippen molar-refractivity contribution in [2.45, 2.75) is 13.8 Å². The summed E-state index contributed by atoms with van der Waals surface area (Å²) in [5.74, 6) is -2.37. The van der Waals surface area contributed by atoms with Crippen LogP contribution in [-0.2, 0) is 19.1 Å². The highest BCUT2D eigenvalue weighted by Crippen LogP contribution is 1.81. The number of aliphatic hydroxyl groups is 1. The van der Waals surface area contributed by atoms with E-state index in [-0.39, 0.29) is 24.4 Å². The van der Waals surface area contributed by atoms with Crippen LogP contribution in [0, 0.1) is 0 Å². The second-order valence-electron chi connectivity index (χ2n) is 3.27. The van der Waals surface area contributed by atoms with Gasteiger partial charge in [0.25, 0.3) is 0 Å². The smallest absolute Gasteiger partial charge is 0.330 e. The Morgan fingerprint density at radius 1 is 1.05 bits per heavy atom. The average molecular weight is 288 g/mol. The molecule has 0 fully saturated rings. The molecule has 0 amide bonds. The molecule has 0 spiro atoms. The maximum absolute atomic E-state index is 10.1. The molecule has 0 radical (unpaired) electrons. The lowest BCUT2D eigenvalue weighted by Crippen LogP contribution is -2.04. The van der Waals surface area contributed by atoms with Crippen LogP contribution in [0.25, 0.3) is 0 Å². The molecule has 0 unspecified atom stereocenters. The largest absolute Gasteiger partial charge is 0.478 e. The maximum Gasteiger partial charge on any atom is 0.330 e. The van der Waals surface area contributed by atoms with E-state index in [0.717, 1.165) is 6.08 Å². The van der Waals surface area contributed by atoms with Gasteiger partial charge in [0.05, 0.1) is 6.61 Å². The van der Waals surface area contributed by atoms with E-state index in [2.05, 4.69) is 24.5 Å². The normalized spacial score (nSPS) is 7.75. The number of aliphatic hydroxyl groups excluding tert-OH is 1. The summed E-state index contributed by atoms with van der Waals surface area (Å²) in [5.41, 5.74) is 0.352. The Bertz CT molecular complexity index is 321. The Morgan fingerprint density at radius 3 is 1.50 bits per heavy atom. The van der Waals surface area contributed by atoms with Gasteiger partial charge in [-0.15, -0.1) is 0 Å². The van der Waals surface area contributed by atoms with Crippen molar-refractivity contribution in [3.05, 3.63) is 37.0 Å². The van der Waals surface area contributed by atoms with E-state index < -0.39 is 17.9 Å². The molecule has 0 heterocycles. The van der Waals surface area contributed by atoms with Gasteiger partial charge in [-0.3, -0.25) is 0 Å². The van der Waals surface area contributed by atoms with E-state index in [1.807, 2.05) is 0 Å². The molecule has 0 saturated carbocycles. The SMILES string of the molecule is C=C(C)C(=O)O.C=C(C)C(=O)O.C=CC(=O)OCCO. The van der Waals surface area contributed by atoms with Gasteiger partial charge in [0.15, 0.2) is 0 Å². The van der Waals surface area contributed by atoms with Crippen LogP contribution in [0.4, 0.5) is 0 Å². The Hall–Kier alpha value is -2.41. The van der Waals surface area contributed by atoms with Gasteiger partial charge >= 0.3 is 17.9 Å². The Labute approximate surface area is 117 Å². The third-order valence-corrected chi connectivity index (χ3v) is 1.23. The van der Waals surface area contributed by atoms with Gasteiger partial charge in [0.1, 0.15) is 6.61 Å². The van der Waals surface area contributed by atoms with Gasteiger partial charge in [0.2, 0.25) is 0 Å². The van der Waals surface area contributed by atoms with Gasteiger partial charge in [-0.1, -0.05) is 19.7 Å². The second kappa shape index (κ2) is 14.7. The highest BCUT2D eigenvalue weighted by molar-refractivity contribution is 5.85. The zero-order valence-electron chi connectivity index (χ0n) is 11.6. The van der Waals surface area contributed by atoms with Crippen LogP contribution in [0.1, 0.15) is 13.8 Å². The summed E-state index contributed by atoms with van der Waals surface area (Å²) < 4.78 is 4.33. The number of carboxylic acid groups (broad SMARTS) is 2. The fourth-order valence-electron chi connectivity index (χ4n) is 0.205. The van der Waals surface area contributed by atoms with E-state index in [1.54, 1.807) is 0 Å². The number of rotatable bonds is 5. The van der Waals surface area contributed by atoms with Crippen LogP contribution in [0.2, 0.25) is 0 Å². The average Bonchev–Trinajstić information content (AvgIpc) is 2.37. The number of hydrogen-bond donors (Lipinski definition) is 3. The standard InChI is InChI=1S/C5H8O3.2C4H6O2/c1-2-5(7)8-4-3-6;2*1-3(2)4(5)6/h2,6H,1,3-4H2;2*1H2,2H3,(H,5,6). The molecule has 114 valence electrons. The number of esters is 1. The predicted octanol–water partition coefficient (Wildman–Crippen LogP) is 1.00. The van der Waals surface area contributed by atoms with Crippen LogP contribution < -0.4 is 0 Å². The minimum atomic E-state index is -0.935. The first kappa shape index (κ1) is 22.7. The third-order valence-electron chi connectivity index (χ3n) is 1.23. The molecule has 0 rings (SSSR count). The lowest BCUT2D eigenvalue weighted by molar-refractivity contribution is -0.138. The number of carbonyl (C=O) groups excluding carboxylic acids is 1. The molecule has 0 aliphatic rings. The van der Waals surface area contributed by atoms with Crippen molar-refractivity contribution >= 4 is 17.9 Å². The highest BCUT2D eigenvalue weighted by Gasteiger charge is 1.91. The van der Waals surface area contributed by atoms with Gasteiger partial charge in [-0.05, 0) is 13.8 Å². The van der Waals surface area contributed by atoms with Crippen molar-refractivity contribution in [2.75, 3.05) is 13.2 Å². The summed E-state index contributed by atoms with van der Waals surface area (Å²) in [5, 5.41) is 23.9. The molecule has 0 aromatic rings. The van der Waals surface area contributed by atoms with Crippen molar-refractivity contribution in [1.29, 1.82) is 0 Å². The molecule has 0 bridgehead atoms. The van der Waals surface area contributed by atoms with Crippen LogP contribution in [0.3, 0.4) is 0 Å². The molecule has 20 heavy (non-hydrogen) atoms. The van der Waals surface area contributed by atoms with Gasteiger partial charge < -0.3 is 20.1 Å². The van der Waals surface area contributed by atoms with Crippen LogP contribution >= 0.6 is 0 Å². The van der Waals surface area contributed by atoms with Crippen molar-refractivity contribution in [2.24, 2.45) is 0 Å². The van der Waals surface area contributed by atoms with Crippen molar-refractivity contribution in [3.63, 3.8) is 0 Å². The van der Waals surface area contributed by atoms with Crippen molar-refractivity contribution < 1.29 is 34.4 Å². The molecular weight excluding hydrogens is 268 g/mol. The van der Waals surface area contributed by atoms with Gasteiger partial charge in [-0.25, -0.2) is 14.4 Å². The second-order valence-corrected chi connectivity index (χ2v) is 3.27. The number of carboxylic acids is 2. The van der Waals surface area contributed by atoms with E-state index in [9.17, 15) is 14.4 Å². The topological polar surface area (TPSA) is 121 Å². The summed E-state index contributed by atoms with van der Waals surface area (Å²) in [6, 6.07) is 0. The van der Waals surface area contributed by atoms with Crippen LogP contribution in [0.15, 0.2) is 37.0 Å². The monoisotopic (exact) mass is 288 g/mol. The molecule has 0 aliphatic carbocycles. The number of ether oxygens (including phenoxy) is 1. The number of carbonyl (C=O) groups is 3. The van der Waals surface area contributed by atoms with E-state index >= 15 is 0 Å². The predicted molar refractivity (Wildman–Crippen MR) is 73.1 cm³/mol. The molecule has 0 atom stereocenters. The molecule has 0 aromatic carbocycles. The maximum atomic E-state index is 10.1. The zero-order valence-corrected chi connectivity index (χ0v) is 11.6. The quantitative estimate of drug-likeness (QED) is 0.509. The fraction of sp³-hybridized carbons (Fsp3) is 0.308. The Kier molecular flexibility index (Phi) is 16.7. The van der Waals surface area contributed by atoms with E-state index in [1.165, 1.54) is 13.8 Å². The summed E-state index contributed by atoms with van der Waals surface area (Å²) in [6.45, 7) is 12.3. The number of aliphatic carboxylic acids is 2.